The second-order valence-corrected chi connectivity index (χ2v) is 7.24. The van der Waals surface area contributed by atoms with Crippen molar-refractivity contribution in [3.63, 3.8) is 0 Å². The summed E-state index contributed by atoms with van der Waals surface area (Å²) in [4.78, 5) is 12.1. The van der Waals surface area contributed by atoms with Crippen LogP contribution in [0.3, 0.4) is 0 Å². The summed E-state index contributed by atoms with van der Waals surface area (Å²) in [5.74, 6) is 1.10. The second kappa shape index (κ2) is 8.51. The fourth-order valence-electron chi connectivity index (χ4n) is 3.32. The lowest BCUT2D eigenvalue weighted by Gasteiger charge is -2.11. The number of aromatic nitrogens is 1. The van der Waals surface area contributed by atoms with E-state index in [2.05, 4.69) is 20.4 Å². The predicted molar refractivity (Wildman–Crippen MR) is 117 cm³/mol. The van der Waals surface area contributed by atoms with Crippen LogP contribution in [0.2, 0.25) is 5.02 Å². The molecule has 0 radical (unpaired) electrons. The number of rotatable bonds is 6. The maximum Gasteiger partial charge on any atom is 0.259 e. The Bertz CT molecular complexity index is 1120. The van der Waals surface area contributed by atoms with Crippen molar-refractivity contribution < 1.29 is 14.3 Å². The van der Waals surface area contributed by atoms with Gasteiger partial charge in [0.2, 0.25) is 6.79 Å². The van der Waals surface area contributed by atoms with Crippen LogP contribution < -0.4 is 20.2 Å². The van der Waals surface area contributed by atoms with Crippen LogP contribution in [-0.4, -0.2) is 30.0 Å². The number of nitrogens with zero attached hydrogens (tertiary/aromatic N) is 2. The highest BCUT2D eigenvalue weighted by atomic mass is 35.5. The minimum absolute atomic E-state index is 0.0790. The molecule has 0 saturated heterocycles. The standard InChI is InChI=1S/C22H21ClN4O3/c1-14-9-16(15(2)27(14)19-6-4-3-5-18(19)23)11-25-26-22(28)12-24-17-7-8-20-21(10-17)30-13-29-20/h3-11,24H,12-13H2,1-2H3,(H,26,28)/b25-11-. The van der Waals surface area contributed by atoms with E-state index in [4.69, 9.17) is 21.1 Å². The lowest BCUT2D eigenvalue weighted by atomic mass is 10.2. The summed E-state index contributed by atoms with van der Waals surface area (Å²) in [7, 11) is 0. The van der Waals surface area contributed by atoms with E-state index in [1.165, 1.54) is 0 Å². The van der Waals surface area contributed by atoms with Gasteiger partial charge in [-0.05, 0) is 44.2 Å². The summed E-state index contributed by atoms with van der Waals surface area (Å²) in [6.07, 6.45) is 1.63. The van der Waals surface area contributed by atoms with Crippen LogP contribution >= 0.6 is 11.6 Å². The molecule has 0 atom stereocenters. The number of hydrogen-bond donors (Lipinski definition) is 2. The van der Waals surface area contributed by atoms with Crippen molar-refractivity contribution in [1.29, 1.82) is 0 Å². The molecular weight excluding hydrogens is 404 g/mol. The van der Waals surface area contributed by atoms with Crippen LogP contribution in [0.15, 0.2) is 53.6 Å². The molecular formula is C22H21ClN4O3. The smallest absolute Gasteiger partial charge is 0.259 e. The molecule has 8 heteroatoms. The molecule has 4 rings (SSSR count). The SMILES string of the molecule is Cc1cc(/C=N\NC(=O)CNc2ccc3c(c2)OCO3)c(C)n1-c1ccccc1Cl. The van der Waals surface area contributed by atoms with Crippen LogP contribution in [0, 0.1) is 13.8 Å². The molecule has 0 aliphatic carbocycles. The largest absolute Gasteiger partial charge is 0.454 e. The molecule has 7 nitrogen and oxygen atoms in total. The number of halogens is 1. The average Bonchev–Trinajstić information content (AvgIpc) is 3.31. The normalized spacial score (nSPS) is 12.4. The Hall–Kier alpha value is -3.45. The second-order valence-electron chi connectivity index (χ2n) is 6.83. The van der Waals surface area contributed by atoms with Gasteiger partial charge in [0, 0.05) is 28.7 Å². The summed E-state index contributed by atoms with van der Waals surface area (Å²) < 4.78 is 12.7. The third kappa shape index (κ3) is 4.11. The first-order chi connectivity index (χ1) is 14.5. The number of fused-ring (bicyclic) bond motifs is 1. The van der Waals surface area contributed by atoms with E-state index in [-0.39, 0.29) is 19.2 Å². The van der Waals surface area contributed by atoms with E-state index >= 15 is 0 Å². The van der Waals surface area contributed by atoms with Gasteiger partial charge in [0.15, 0.2) is 11.5 Å². The molecule has 2 aromatic carbocycles. The highest BCUT2D eigenvalue weighted by Gasteiger charge is 2.14. The minimum Gasteiger partial charge on any atom is -0.454 e. The number of ether oxygens (including phenoxy) is 2. The quantitative estimate of drug-likeness (QED) is 0.462. The molecule has 0 saturated carbocycles. The van der Waals surface area contributed by atoms with Crippen molar-refractivity contribution in [3.8, 4) is 17.2 Å². The molecule has 1 aliphatic heterocycles. The van der Waals surface area contributed by atoms with Gasteiger partial charge in [-0.15, -0.1) is 0 Å². The van der Waals surface area contributed by atoms with Crippen LogP contribution in [0.4, 0.5) is 5.69 Å². The van der Waals surface area contributed by atoms with Gasteiger partial charge < -0.3 is 19.4 Å². The Balaban J connectivity index is 1.37. The summed E-state index contributed by atoms with van der Waals surface area (Å²) in [6, 6.07) is 15.1. The van der Waals surface area contributed by atoms with E-state index in [9.17, 15) is 4.79 Å². The fraction of sp³-hybridized carbons (Fsp3) is 0.182. The Morgan fingerprint density at radius 1 is 1.17 bits per heavy atom. The summed E-state index contributed by atoms with van der Waals surface area (Å²) in [6.45, 7) is 4.28. The topological polar surface area (TPSA) is 76.9 Å². The first-order valence-electron chi connectivity index (χ1n) is 9.42. The lowest BCUT2D eigenvalue weighted by Crippen LogP contribution is -2.25. The van der Waals surface area contributed by atoms with Crippen molar-refractivity contribution in [2.75, 3.05) is 18.7 Å². The van der Waals surface area contributed by atoms with E-state index in [1.807, 2.05) is 50.2 Å². The Labute approximate surface area is 179 Å². The molecule has 0 unspecified atom stereocenters. The molecule has 30 heavy (non-hydrogen) atoms. The Morgan fingerprint density at radius 2 is 1.97 bits per heavy atom. The summed E-state index contributed by atoms with van der Waals surface area (Å²) in [5, 5.41) is 7.79. The van der Waals surface area contributed by atoms with Gasteiger partial charge in [0.25, 0.3) is 5.91 Å². The summed E-state index contributed by atoms with van der Waals surface area (Å²) in [5.41, 5.74) is 7.12. The number of aryl methyl sites for hydroxylation is 1. The van der Waals surface area contributed by atoms with Crippen molar-refractivity contribution in [3.05, 3.63) is 70.5 Å². The van der Waals surface area contributed by atoms with E-state index in [0.29, 0.717) is 16.5 Å². The monoisotopic (exact) mass is 424 g/mol. The summed E-state index contributed by atoms with van der Waals surface area (Å²) >= 11 is 6.34. The number of anilines is 1. The van der Waals surface area contributed by atoms with Crippen molar-refractivity contribution in [1.82, 2.24) is 9.99 Å². The van der Waals surface area contributed by atoms with Gasteiger partial charge in [-0.3, -0.25) is 4.79 Å². The van der Waals surface area contributed by atoms with E-state index in [1.54, 1.807) is 18.3 Å². The number of carbonyl (C=O) groups is 1. The van der Waals surface area contributed by atoms with Gasteiger partial charge in [-0.1, -0.05) is 23.7 Å². The van der Waals surface area contributed by atoms with Gasteiger partial charge >= 0.3 is 0 Å². The molecule has 3 aromatic rings. The molecule has 0 fully saturated rings. The number of hydrazone groups is 1. The van der Waals surface area contributed by atoms with E-state index < -0.39 is 0 Å². The number of benzene rings is 2. The molecule has 0 spiro atoms. The van der Waals surface area contributed by atoms with Crippen LogP contribution in [0.1, 0.15) is 17.0 Å². The Morgan fingerprint density at radius 3 is 2.80 bits per heavy atom. The van der Waals surface area contributed by atoms with Crippen LogP contribution in [0.25, 0.3) is 5.69 Å². The Kier molecular flexibility index (Phi) is 5.63. The molecule has 2 heterocycles. The molecule has 154 valence electrons. The zero-order valence-corrected chi connectivity index (χ0v) is 17.4. The first kappa shape index (κ1) is 19.8. The van der Waals surface area contributed by atoms with Crippen molar-refractivity contribution in [2.45, 2.75) is 13.8 Å². The average molecular weight is 425 g/mol. The van der Waals surface area contributed by atoms with Crippen molar-refractivity contribution in [2.24, 2.45) is 5.10 Å². The van der Waals surface area contributed by atoms with Crippen LogP contribution in [0.5, 0.6) is 11.5 Å². The highest BCUT2D eigenvalue weighted by Crippen LogP contribution is 2.34. The van der Waals surface area contributed by atoms with E-state index in [0.717, 1.165) is 28.3 Å². The van der Waals surface area contributed by atoms with Crippen molar-refractivity contribution >= 4 is 29.4 Å². The molecule has 2 N–H and O–H groups in total. The molecule has 1 aliphatic rings. The third-order valence-corrected chi connectivity index (χ3v) is 5.10. The van der Waals surface area contributed by atoms with Gasteiger partial charge in [-0.2, -0.15) is 5.10 Å². The zero-order valence-electron chi connectivity index (χ0n) is 16.6. The maximum atomic E-state index is 12.1. The number of hydrogen-bond acceptors (Lipinski definition) is 5. The molecule has 0 bridgehead atoms. The van der Waals surface area contributed by atoms with Gasteiger partial charge in [-0.25, -0.2) is 5.43 Å². The maximum absolute atomic E-state index is 12.1. The number of para-hydroxylation sites is 1. The third-order valence-electron chi connectivity index (χ3n) is 4.78. The predicted octanol–water partition coefficient (Wildman–Crippen LogP) is 4.04. The molecule has 1 aromatic heterocycles. The van der Waals surface area contributed by atoms with Gasteiger partial charge in [0.05, 0.1) is 23.5 Å². The highest BCUT2D eigenvalue weighted by molar-refractivity contribution is 6.32. The lowest BCUT2D eigenvalue weighted by molar-refractivity contribution is -0.119. The van der Waals surface area contributed by atoms with Gasteiger partial charge in [0.1, 0.15) is 0 Å². The fourth-order valence-corrected chi connectivity index (χ4v) is 3.54. The number of carbonyl (C=O) groups excluding carboxylic acids is 1. The number of amides is 1. The minimum atomic E-state index is -0.260. The zero-order chi connectivity index (χ0) is 21.1. The van der Waals surface area contributed by atoms with Crippen LogP contribution in [-0.2, 0) is 4.79 Å². The number of nitrogens with one attached hydrogen (secondary N) is 2. The molecule has 1 amide bonds. The first-order valence-corrected chi connectivity index (χ1v) is 9.80.